The van der Waals surface area contributed by atoms with Crippen LogP contribution in [0.4, 0.5) is 5.69 Å². The van der Waals surface area contributed by atoms with E-state index in [1.54, 1.807) is 23.1 Å². The third-order valence-corrected chi connectivity index (χ3v) is 4.73. The van der Waals surface area contributed by atoms with E-state index in [1.807, 2.05) is 0 Å². The SMILES string of the molecule is CCCCCCCCCCNC(=O)CN1CC(=O)Oc2ccc(Cl)cc21. The molecule has 0 aromatic heterocycles. The van der Waals surface area contributed by atoms with Crippen LogP contribution >= 0.6 is 11.6 Å². The number of nitrogens with zero attached hydrogens (tertiary/aromatic N) is 1. The number of carbonyl (C=O) groups is 2. The van der Waals surface area contributed by atoms with E-state index in [1.165, 1.54) is 38.5 Å². The van der Waals surface area contributed by atoms with Crippen molar-refractivity contribution in [2.24, 2.45) is 0 Å². The maximum Gasteiger partial charge on any atom is 0.331 e. The number of hydrogen-bond acceptors (Lipinski definition) is 4. The lowest BCUT2D eigenvalue weighted by atomic mass is 10.1. The summed E-state index contributed by atoms with van der Waals surface area (Å²) in [6.07, 6.45) is 9.88. The average molecular weight is 381 g/mol. The Bertz CT molecular complexity index is 607. The largest absolute Gasteiger partial charge is 0.423 e. The second kappa shape index (κ2) is 11.1. The van der Waals surface area contributed by atoms with Gasteiger partial charge in [-0.1, -0.05) is 63.5 Å². The molecular weight excluding hydrogens is 352 g/mol. The monoisotopic (exact) mass is 380 g/mol. The lowest BCUT2D eigenvalue weighted by Gasteiger charge is -2.29. The topological polar surface area (TPSA) is 58.6 Å². The Balaban J connectivity index is 1.67. The van der Waals surface area contributed by atoms with Crippen molar-refractivity contribution >= 4 is 29.2 Å². The van der Waals surface area contributed by atoms with Crippen LogP contribution in [0.5, 0.6) is 5.75 Å². The molecule has 1 aliphatic rings. The molecule has 1 aliphatic heterocycles. The van der Waals surface area contributed by atoms with Crippen molar-refractivity contribution in [2.45, 2.75) is 58.3 Å². The first-order valence-electron chi connectivity index (χ1n) is 9.62. The highest BCUT2D eigenvalue weighted by Gasteiger charge is 2.25. The van der Waals surface area contributed by atoms with Crippen molar-refractivity contribution in [3.8, 4) is 5.75 Å². The van der Waals surface area contributed by atoms with Gasteiger partial charge in [-0.2, -0.15) is 0 Å². The number of ether oxygens (including phenoxy) is 1. The Labute approximate surface area is 161 Å². The van der Waals surface area contributed by atoms with Gasteiger partial charge in [-0.05, 0) is 24.6 Å². The third kappa shape index (κ3) is 6.87. The van der Waals surface area contributed by atoms with Gasteiger partial charge in [0.2, 0.25) is 5.91 Å². The molecule has 144 valence electrons. The molecule has 1 heterocycles. The molecule has 1 aromatic carbocycles. The molecule has 0 saturated heterocycles. The van der Waals surface area contributed by atoms with Crippen LogP contribution in [0.25, 0.3) is 0 Å². The van der Waals surface area contributed by atoms with Crippen LogP contribution in [0.2, 0.25) is 5.02 Å². The van der Waals surface area contributed by atoms with E-state index < -0.39 is 0 Å². The average Bonchev–Trinajstić information content (AvgIpc) is 2.61. The molecule has 5 nitrogen and oxygen atoms in total. The molecule has 0 radical (unpaired) electrons. The Morgan fingerprint density at radius 1 is 1.15 bits per heavy atom. The van der Waals surface area contributed by atoms with Gasteiger partial charge in [-0.3, -0.25) is 4.79 Å². The fourth-order valence-electron chi connectivity index (χ4n) is 3.08. The van der Waals surface area contributed by atoms with Gasteiger partial charge in [0.05, 0.1) is 12.2 Å². The summed E-state index contributed by atoms with van der Waals surface area (Å²) in [5.41, 5.74) is 0.680. The summed E-state index contributed by atoms with van der Waals surface area (Å²) in [7, 11) is 0. The third-order valence-electron chi connectivity index (χ3n) is 4.49. The number of esters is 1. The zero-order chi connectivity index (χ0) is 18.8. The van der Waals surface area contributed by atoms with Crippen LogP contribution in [0.15, 0.2) is 18.2 Å². The Kier molecular flexibility index (Phi) is 8.75. The molecule has 6 heteroatoms. The zero-order valence-electron chi connectivity index (χ0n) is 15.6. The Morgan fingerprint density at radius 3 is 2.58 bits per heavy atom. The molecule has 0 spiro atoms. The van der Waals surface area contributed by atoms with Crippen LogP contribution in [0, 0.1) is 0 Å². The van der Waals surface area contributed by atoms with Crippen LogP contribution in [0.1, 0.15) is 58.3 Å². The van der Waals surface area contributed by atoms with Gasteiger partial charge in [0.1, 0.15) is 6.54 Å². The summed E-state index contributed by atoms with van der Waals surface area (Å²) < 4.78 is 5.19. The van der Waals surface area contributed by atoms with Crippen molar-refractivity contribution in [2.75, 3.05) is 24.5 Å². The van der Waals surface area contributed by atoms with E-state index in [0.717, 1.165) is 12.8 Å². The zero-order valence-corrected chi connectivity index (χ0v) is 16.3. The van der Waals surface area contributed by atoms with E-state index >= 15 is 0 Å². The molecule has 1 amide bonds. The molecule has 26 heavy (non-hydrogen) atoms. The predicted molar refractivity (Wildman–Crippen MR) is 105 cm³/mol. The van der Waals surface area contributed by atoms with Crippen LogP contribution in [0.3, 0.4) is 0 Å². The number of unbranched alkanes of at least 4 members (excludes halogenated alkanes) is 7. The highest BCUT2D eigenvalue weighted by atomic mass is 35.5. The Morgan fingerprint density at radius 2 is 1.85 bits per heavy atom. The number of benzene rings is 1. The number of anilines is 1. The van der Waals surface area contributed by atoms with Crippen molar-refractivity contribution in [1.29, 1.82) is 0 Å². The summed E-state index contributed by atoms with van der Waals surface area (Å²) in [5.74, 6) is -0.00853. The minimum Gasteiger partial charge on any atom is -0.423 e. The van der Waals surface area contributed by atoms with Gasteiger partial charge >= 0.3 is 5.97 Å². The van der Waals surface area contributed by atoms with E-state index in [-0.39, 0.29) is 25.0 Å². The number of carbonyl (C=O) groups excluding carboxylic acids is 2. The number of rotatable bonds is 11. The first-order valence-corrected chi connectivity index (χ1v) is 10.00. The molecule has 0 atom stereocenters. The number of fused-ring (bicyclic) bond motifs is 1. The minimum absolute atomic E-state index is 0.0541. The quantitative estimate of drug-likeness (QED) is 0.353. The molecule has 0 aliphatic carbocycles. The molecule has 0 fully saturated rings. The molecule has 1 N–H and O–H groups in total. The van der Waals surface area contributed by atoms with Gasteiger partial charge in [-0.25, -0.2) is 4.79 Å². The van der Waals surface area contributed by atoms with Crippen LogP contribution in [-0.4, -0.2) is 31.5 Å². The maximum atomic E-state index is 12.2. The molecule has 2 rings (SSSR count). The van der Waals surface area contributed by atoms with Gasteiger partial charge in [0.25, 0.3) is 0 Å². The maximum absolute atomic E-state index is 12.2. The predicted octanol–water partition coefficient (Wildman–Crippen LogP) is 4.32. The smallest absolute Gasteiger partial charge is 0.331 e. The molecule has 0 unspecified atom stereocenters. The molecule has 1 aromatic rings. The van der Waals surface area contributed by atoms with E-state index in [0.29, 0.717) is 23.0 Å². The fraction of sp³-hybridized carbons (Fsp3) is 0.600. The van der Waals surface area contributed by atoms with Gasteiger partial charge in [0, 0.05) is 11.6 Å². The minimum atomic E-state index is -0.365. The van der Waals surface area contributed by atoms with Crippen molar-refractivity contribution in [3.05, 3.63) is 23.2 Å². The first kappa shape index (κ1) is 20.6. The van der Waals surface area contributed by atoms with E-state index in [9.17, 15) is 9.59 Å². The van der Waals surface area contributed by atoms with E-state index in [4.69, 9.17) is 16.3 Å². The van der Waals surface area contributed by atoms with E-state index in [2.05, 4.69) is 12.2 Å². The number of amides is 1. The summed E-state index contributed by atoms with van der Waals surface area (Å²) >= 11 is 6.02. The summed E-state index contributed by atoms with van der Waals surface area (Å²) in [5, 5.41) is 3.48. The number of halogens is 1. The second-order valence-corrected chi connectivity index (χ2v) is 7.20. The highest BCUT2D eigenvalue weighted by Crippen LogP contribution is 2.34. The molecular formula is C20H29ClN2O3. The van der Waals surface area contributed by atoms with Crippen molar-refractivity contribution < 1.29 is 14.3 Å². The standard InChI is InChI=1S/C20H29ClN2O3/c1-2-3-4-5-6-7-8-9-12-22-19(24)14-23-15-20(25)26-18-11-10-16(21)13-17(18)23/h10-11,13H,2-9,12,14-15H2,1H3,(H,22,24). The van der Waals surface area contributed by atoms with Gasteiger partial charge in [0.15, 0.2) is 5.75 Å². The van der Waals surface area contributed by atoms with Crippen molar-refractivity contribution in [3.63, 3.8) is 0 Å². The van der Waals surface area contributed by atoms with Crippen LogP contribution < -0.4 is 15.0 Å². The summed E-state index contributed by atoms with van der Waals surface area (Å²) in [6, 6.07) is 5.04. The number of hydrogen-bond donors (Lipinski definition) is 1. The summed E-state index contributed by atoms with van der Waals surface area (Å²) in [6.45, 7) is 3.08. The lowest BCUT2D eigenvalue weighted by molar-refractivity contribution is -0.133. The lowest BCUT2D eigenvalue weighted by Crippen LogP contribution is -2.43. The fourth-order valence-corrected chi connectivity index (χ4v) is 3.24. The van der Waals surface area contributed by atoms with Crippen molar-refractivity contribution in [1.82, 2.24) is 5.32 Å². The second-order valence-electron chi connectivity index (χ2n) is 6.77. The van der Waals surface area contributed by atoms with Gasteiger partial charge < -0.3 is 15.0 Å². The highest BCUT2D eigenvalue weighted by molar-refractivity contribution is 6.31. The summed E-state index contributed by atoms with van der Waals surface area (Å²) in [4.78, 5) is 25.6. The Hall–Kier alpha value is -1.75. The molecule has 0 bridgehead atoms. The molecule has 0 saturated carbocycles. The van der Waals surface area contributed by atoms with Crippen LogP contribution in [-0.2, 0) is 9.59 Å². The number of nitrogens with one attached hydrogen (secondary N) is 1. The normalized spacial score (nSPS) is 13.3. The van der Waals surface area contributed by atoms with Gasteiger partial charge in [-0.15, -0.1) is 0 Å². The first-order chi connectivity index (χ1) is 12.6.